The molecule has 0 saturated carbocycles. The Morgan fingerprint density at radius 2 is 2.00 bits per heavy atom. The van der Waals surface area contributed by atoms with Gasteiger partial charge in [-0.25, -0.2) is 0 Å². The van der Waals surface area contributed by atoms with Gasteiger partial charge in [-0.3, -0.25) is 0 Å². The fourth-order valence-corrected chi connectivity index (χ4v) is 2.26. The summed E-state index contributed by atoms with van der Waals surface area (Å²) in [6.45, 7) is 9.92. The summed E-state index contributed by atoms with van der Waals surface area (Å²) in [7, 11) is 0. The predicted molar refractivity (Wildman–Crippen MR) is 66.5 cm³/mol. The number of hydrogen-bond donors (Lipinski definition) is 2. The van der Waals surface area contributed by atoms with Crippen LogP contribution in [0.3, 0.4) is 0 Å². The predicted octanol–water partition coefficient (Wildman–Crippen LogP) is 1.80. The standard InChI is InChI=1S/C13H27NO2/c1-11(2)10-14-7-6-13(3,15)12-4-8-16-9-5-12/h11-12,14-15H,4-10H2,1-3H3. The minimum absolute atomic E-state index is 0.405. The summed E-state index contributed by atoms with van der Waals surface area (Å²) in [5, 5.41) is 13.8. The molecule has 1 saturated heterocycles. The van der Waals surface area contributed by atoms with Gasteiger partial charge in [0.25, 0.3) is 0 Å². The monoisotopic (exact) mass is 229 g/mol. The summed E-state index contributed by atoms with van der Waals surface area (Å²) in [5.74, 6) is 1.08. The van der Waals surface area contributed by atoms with E-state index in [-0.39, 0.29) is 0 Å². The fourth-order valence-electron chi connectivity index (χ4n) is 2.26. The second-order valence-electron chi connectivity index (χ2n) is 5.59. The highest BCUT2D eigenvalue weighted by Gasteiger charge is 2.32. The molecular formula is C13H27NO2. The Kier molecular flexibility index (Phi) is 5.73. The highest BCUT2D eigenvalue weighted by atomic mass is 16.5. The highest BCUT2D eigenvalue weighted by molar-refractivity contribution is 4.84. The lowest BCUT2D eigenvalue weighted by atomic mass is 9.81. The molecule has 0 aromatic heterocycles. The number of aliphatic hydroxyl groups is 1. The molecule has 96 valence electrons. The van der Waals surface area contributed by atoms with Crippen molar-refractivity contribution in [3.8, 4) is 0 Å². The number of nitrogens with one attached hydrogen (secondary N) is 1. The second-order valence-corrected chi connectivity index (χ2v) is 5.59. The molecule has 16 heavy (non-hydrogen) atoms. The van der Waals surface area contributed by atoms with E-state index in [4.69, 9.17) is 4.74 Å². The van der Waals surface area contributed by atoms with Crippen LogP contribution in [0.2, 0.25) is 0 Å². The maximum absolute atomic E-state index is 10.4. The third-order valence-corrected chi connectivity index (χ3v) is 3.46. The molecule has 1 aliphatic heterocycles. The van der Waals surface area contributed by atoms with Crippen molar-refractivity contribution in [1.82, 2.24) is 5.32 Å². The van der Waals surface area contributed by atoms with E-state index < -0.39 is 5.60 Å². The lowest BCUT2D eigenvalue weighted by Crippen LogP contribution is -2.41. The average molecular weight is 229 g/mol. The zero-order chi connectivity index (χ0) is 12.0. The Morgan fingerprint density at radius 1 is 1.38 bits per heavy atom. The minimum Gasteiger partial charge on any atom is -0.390 e. The first-order chi connectivity index (χ1) is 7.52. The van der Waals surface area contributed by atoms with Gasteiger partial charge in [-0.05, 0) is 51.1 Å². The first kappa shape index (κ1) is 13.9. The Bertz CT molecular complexity index is 186. The van der Waals surface area contributed by atoms with Crippen LogP contribution in [-0.4, -0.2) is 37.0 Å². The van der Waals surface area contributed by atoms with Crippen LogP contribution in [-0.2, 0) is 4.74 Å². The molecule has 0 aromatic rings. The maximum Gasteiger partial charge on any atom is 0.0661 e. The lowest BCUT2D eigenvalue weighted by molar-refractivity contribution is -0.0578. The van der Waals surface area contributed by atoms with Crippen LogP contribution in [0.25, 0.3) is 0 Å². The molecule has 2 N–H and O–H groups in total. The van der Waals surface area contributed by atoms with Crippen LogP contribution in [0.5, 0.6) is 0 Å². The first-order valence-electron chi connectivity index (χ1n) is 6.53. The van der Waals surface area contributed by atoms with E-state index in [0.717, 1.165) is 45.6 Å². The van der Waals surface area contributed by atoms with Crippen LogP contribution in [0.1, 0.15) is 40.0 Å². The molecule has 3 heteroatoms. The van der Waals surface area contributed by atoms with Gasteiger partial charge in [0.15, 0.2) is 0 Å². The molecule has 1 unspecified atom stereocenters. The van der Waals surface area contributed by atoms with Gasteiger partial charge in [-0.2, -0.15) is 0 Å². The van der Waals surface area contributed by atoms with E-state index in [2.05, 4.69) is 19.2 Å². The number of ether oxygens (including phenoxy) is 1. The summed E-state index contributed by atoms with van der Waals surface area (Å²) in [5.41, 5.74) is -0.534. The Hall–Kier alpha value is -0.120. The molecule has 3 nitrogen and oxygen atoms in total. The summed E-state index contributed by atoms with van der Waals surface area (Å²) >= 11 is 0. The number of hydrogen-bond acceptors (Lipinski definition) is 3. The summed E-state index contributed by atoms with van der Waals surface area (Å²) in [6.07, 6.45) is 2.83. The van der Waals surface area contributed by atoms with Crippen molar-refractivity contribution in [3.05, 3.63) is 0 Å². The van der Waals surface area contributed by atoms with E-state index in [9.17, 15) is 5.11 Å². The molecule has 1 atom stereocenters. The van der Waals surface area contributed by atoms with E-state index in [1.807, 2.05) is 6.92 Å². The van der Waals surface area contributed by atoms with Crippen LogP contribution in [0.15, 0.2) is 0 Å². The SMILES string of the molecule is CC(C)CNCCC(C)(O)C1CCOCC1. The minimum atomic E-state index is -0.534. The van der Waals surface area contributed by atoms with Crippen molar-refractivity contribution in [2.24, 2.45) is 11.8 Å². The largest absolute Gasteiger partial charge is 0.390 e. The Labute approximate surface area is 99.6 Å². The fraction of sp³-hybridized carbons (Fsp3) is 1.00. The third kappa shape index (κ3) is 4.81. The normalized spacial score (nSPS) is 22.3. The van der Waals surface area contributed by atoms with Gasteiger partial charge in [0.05, 0.1) is 5.60 Å². The molecule has 0 bridgehead atoms. The van der Waals surface area contributed by atoms with Gasteiger partial charge in [-0.1, -0.05) is 13.8 Å². The van der Waals surface area contributed by atoms with Crippen LogP contribution in [0.4, 0.5) is 0 Å². The zero-order valence-corrected chi connectivity index (χ0v) is 11.0. The van der Waals surface area contributed by atoms with Crippen LogP contribution in [0, 0.1) is 11.8 Å². The summed E-state index contributed by atoms with van der Waals surface area (Å²) < 4.78 is 5.33. The quantitative estimate of drug-likeness (QED) is 0.682. The van der Waals surface area contributed by atoms with E-state index in [1.54, 1.807) is 0 Å². The van der Waals surface area contributed by atoms with Crippen molar-refractivity contribution < 1.29 is 9.84 Å². The van der Waals surface area contributed by atoms with Gasteiger partial charge in [-0.15, -0.1) is 0 Å². The highest BCUT2D eigenvalue weighted by Crippen LogP contribution is 2.29. The second kappa shape index (κ2) is 6.58. The van der Waals surface area contributed by atoms with Crippen molar-refractivity contribution >= 4 is 0 Å². The topological polar surface area (TPSA) is 41.5 Å². The molecule has 1 heterocycles. The van der Waals surface area contributed by atoms with Gasteiger partial charge >= 0.3 is 0 Å². The third-order valence-electron chi connectivity index (χ3n) is 3.46. The van der Waals surface area contributed by atoms with E-state index in [0.29, 0.717) is 11.8 Å². The Balaban J connectivity index is 2.21. The van der Waals surface area contributed by atoms with Crippen LogP contribution < -0.4 is 5.32 Å². The van der Waals surface area contributed by atoms with E-state index >= 15 is 0 Å². The molecule has 1 rings (SSSR count). The molecule has 1 aliphatic rings. The average Bonchev–Trinajstić information content (AvgIpc) is 2.26. The summed E-state index contributed by atoms with van der Waals surface area (Å²) in [4.78, 5) is 0. The summed E-state index contributed by atoms with van der Waals surface area (Å²) in [6, 6.07) is 0. The van der Waals surface area contributed by atoms with Crippen molar-refractivity contribution in [2.75, 3.05) is 26.3 Å². The Morgan fingerprint density at radius 3 is 2.56 bits per heavy atom. The maximum atomic E-state index is 10.4. The molecule has 0 aromatic carbocycles. The number of rotatable bonds is 6. The van der Waals surface area contributed by atoms with E-state index in [1.165, 1.54) is 0 Å². The molecule has 0 radical (unpaired) electrons. The van der Waals surface area contributed by atoms with Crippen molar-refractivity contribution in [1.29, 1.82) is 0 Å². The molecule has 0 spiro atoms. The van der Waals surface area contributed by atoms with Gasteiger partial charge < -0.3 is 15.2 Å². The first-order valence-corrected chi connectivity index (χ1v) is 6.53. The van der Waals surface area contributed by atoms with Gasteiger partial charge in [0, 0.05) is 13.2 Å². The van der Waals surface area contributed by atoms with Crippen LogP contribution >= 0.6 is 0 Å². The lowest BCUT2D eigenvalue weighted by Gasteiger charge is -2.35. The molecule has 1 fully saturated rings. The molecule has 0 aliphatic carbocycles. The van der Waals surface area contributed by atoms with Gasteiger partial charge in [0.1, 0.15) is 0 Å². The zero-order valence-electron chi connectivity index (χ0n) is 11.0. The van der Waals surface area contributed by atoms with Crippen molar-refractivity contribution in [2.45, 2.75) is 45.6 Å². The molecule has 0 amide bonds. The smallest absolute Gasteiger partial charge is 0.0661 e. The van der Waals surface area contributed by atoms with Gasteiger partial charge in [0.2, 0.25) is 0 Å². The molecular weight excluding hydrogens is 202 g/mol. The van der Waals surface area contributed by atoms with Crippen molar-refractivity contribution in [3.63, 3.8) is 0 Å².